The number of rotatable bonds is 1. The lowest BCUT2D eigenvalue weighted by molar-refractivity contribution is -0.147. The van der Waals surface area contributed by atoms with Gasteiger partial charge in [0.05, 0.1) is 0 Å². The molecular weight excluding hydrogens is 264 g/mol. The third-order valence-electron chi connectivity index (χ3n) is 4.67. The highest BCUT2D eigenvalue weighted by molar-refractivity contribution is 6.40. The molecule has 0 bridgehead atoms. The summed E-state index contributed by atoms with van der Waals surface area (Å²) in [6.07, 6.45) is 4.95. The fraction of sp³-hybridized carbons (Fsp3) is 0.529. The average molecular weight is 286 g/mol. The Balaban J connectivity index is 1.78. The fourth-order valence-corrected chi connectivity index (χ4v) is 3.48. The number of para-hydroxylation sites is 1. The Morgan fingerprint density at radius 2 is 1.95 bits per heavy atom. The zero-order valence-corrected chi connectivity index (χ0v) is 12.5. The molecule has 2 amide bonds. The summed E-state index contributed by atoms with van der Waals surface area (Å²) in [7, 11) is 0. The van der Waals surface area contributed by atoms with Crippen molar-refractivity contribution in [3.05, 3.63) is 29.8 Å². The van der Waals surface area contributed by atoms with Gasteiger partial charge in [-0.3, -0.25) is 9.59 Å². The Morgan fingerprint density at radius 1 is 1.14 bits per heavy atom. The molecule has 112 valence electrons. The van der Waals surface area contributed by atoms with Gasteiger partial charge < -0.3 is 9.80 Å². The third-order valence-corrected chi connectivity index (χ3v) is 4.67. The van der Waals surface area contributed by atoms with Gasteiger partial charge in [-0.15, -0.1) is 0 Å². The number of fused-ring (bicyclic) bond motifs is 1. The summed E-state index contributed by atoms with van der Waals surface area (Å²) in [6, 6.07) is 8.09. The van der Waals surface area contributed by atoms with Gasteiger partial charge in [0.25, 0.3) is 0 Å². The molecule has 0 N–H and O–H groups in total. The summed E-state index contributed by atoms with van der Waals surface area (Å²) in [5, 5.41) is 0. The number of anilines is 1. The number of hydrogen-bond acceptors (Lipinski definition) is 2. The zero-order chi connectivity index (χ0) is 14.8. The van der Waals surface area contributed by atoms with Gasteiger partial charge in [-0.05, 0) is 43.7 Å². The van der Waals surface area contributed by atoms with Crippen LogP contribution < -0.4 is 4.90 Å². The van der Waals surface area contributed by atoms with Gasteiger partial charge in [-0.2, -0.15) is 0 Å². The summed E-state index contributed by atoms with van der Waals surface area (Å²) in [4.78, 5) is 28.7. The van der Waals surface area contributed by atoms with Crippen molar-refractivity contribution in [2.24, 2.45) is 0 Å². The zero-order valence-electron chi connectivity index (χ0n) is 12.5. The van der Waals surface area contributed by atoms with Crippen LogP contribution in [-0.4, -0.2) is 35.8 Å². The van der Waals surface area contributed by atoms with Crippen molar-refractivity contribution in [3.63, 3.8) is 0 Å². The van der Waals surface area contributed by atoms with E-state index in [9.17, 15) is 9.59 Å². The minimum absolute atomic E-state index is 0.230. The standard InChI is InChI=1S/C17H22N2O2/c1-2-14-8-5-6-11-18(14)16(20)17(21)19-12-10-13-7-3-4-9-15(13)19/h3-4,7,9,14H,2,5-6,8,10-12H2,1H3. The van der Waals surface area contributed by atoms with Crippen molar-refractivity contribution in [2.45, 2.75) is 45.1 Å². The van der Waals surface area contributed by atoms with Crippen LogP contribution in [0.15, 0.2) is 24.3 Å². The van der Waals surface area contributed by atoms with Gasteiger partial charge in [0, 0.05) is 24.8 Å². The minimum atomic E-state index is -0.361. The van der Waals surface area contributed by atoms with Crippen LogP contribution in [0.4, 0.5) is 5.69 Å². The number of nitrogens with zero attached hydrogens (tertiary/aromatic N) is 2. The molecule has 0 spiro atoms. The van der Waals surface area contributed by atoms with E-state index in [2.05, 4.69) is 6.92 Å². The summed E-state index contributed by atoms with van der Waals surface area (Å²) in [6.45, 7) is 3.43. The summed E-state index contributed by atoms with van der Waals surface area (Å²) in [5.41, 5.74) is 2.06. The maximum absolute atomic E-state index is 12.6. The van der Waals surface area contributed by atoms with Gasteiger partial charge >= 0.3 is 11.8 Å². The highest BCUT2D eigenvalue weighted by Crippen LogP contribution is 2.28. The fourth-order valence-electron chi connectivity index (χ4n) is 3.48. The summed E-state index contributed by atoms with van der Waals surface area (Å²) in [5.74, 6) is -0.682. The van der Waals surface area contributed by atoms with Crippen molar-refractivity contribution < 1.29 is 9.59 Å². The summed E-state index contributed by atoms with van der Waals surface area (Å²) < 4.78 is 0. The molecule has 1 fully saturated rings. The van der Waals surface area contributed by atoms with E-state index in [1.165, 1.54) is 0 Å². The molecule has 4 nitrogen and oxygen atoms in total. The molecule has 1 aromatic carbocycles. The van der Waals surface area contributed by atoms with Crippen molar-refractivity contribution in [2.75, 3.05) is 18.0 Å². The van der Waals surface area contributed by atoms with Gasteiger partial charge in [-0.1, -0.05) is 25.1 Å². The number of carbonyl (C=O) groups is 2. The lowest BCUT2D eigenvalue weighted by atomic mass is 10.00. The Labute approximate surface area is 125 Å². The van der Waals surface area contributed by atoms with E-state index in [0.717, 1.165) is 49.9 Å². The Kier molecular flexibility index (Phi) is 3.95. The van der Waals surface area contributed by atoms with Crippen LogP contribution in [0.3, 0.4) is 0 Å². The predicted octanol–water partition coefficient (Wildman–Crippen LogP) is 2.37. The topological polar surface area (TPSA) is 40.6 Å². The van der Waals surface area contributed by atoms with Crippen molar-refractivity contribution in [3.8, 4) is 0 Å². The molecule has 0 aromatic heterocycles. The molecule has 1 saturated heterocycles. The lowest BCUT2D eigenvalue weighted by Crippen LogP contribution is -2.50. The van der Waals surface area contributed by atoms with Crippen LogP contribution in [0.25, 0.3) is 0 Å². The second-order valence-electron chi connectivity index (χ2n) is 5.89. The first-order chi connectivity index (χ1) is 10.2. The molecule has 4 heteroatoms. The molecule has 0 aliphatic carbocycles. The number of carbonyl (C=O) groups excluding carboxylic acids is 2. The molecule has 21 heavy (non-hydrogen) atoms. The maximum Gasteiger partial charge on any atom is 0.316 e. The second-order valence-corrected chi connectivity index (χ2v) is 5.89. The van der Waals surface area contributed by atoms with E-state index in [-0.39, 0.29) is 17.9 Å². The molecule has 0 saturated carbocycles. The number of piperidine rings is 1. The molecule has 2 heterocycles. The Hall–Kier alpha value is -1.84. The average Bonchev–Trinajstić information content (AvgIpc) is 2.97. The number of benzene rings is 1. The molecule has 1 atom stereocenters. The van der Waals surface area contributed by atoms with Crippen LogP contribution in [0.5, 0.6) is 0 Å². The van der Waals surface area contributed by atoms with E-state index >= 15 is 0 Å². The molecule has 2 aliphatic rings. The largest absolute Gasteiger partial charge is 0.331 e. The van der Waals surface area contributed by atoms with Gasteiger partial charge in [0.1, 0.15) is 0 Å². The van der Waals surface area contributed by atoms with Crippen molar-refractivity contribution in [1.82, 2.24) is 4.90 Å². The molecular formula is C17H22N2O2. The molecule has 3 rings (SSSR count). The van der Waals surface area contributed by atoms with Crippen LogP contribution in [-0.2, 0) is 16.0 Å². The first-order valence-electron chi connectivity index (χ1n) is 7.92. The SMILES string of the molecule is CCC1CCCCN1C(=O)C(=O)N1CCc2ccccc21. The number of hydrogen-bond donors (Lipinski definition) is 0. The quantitative estimate of drug-likeness (QED) is 0.744. The summed E-state index contributed by atoms with van der Waals surface area (Å²) >= 11 is 0. The van der Waals surface area contributed by atoms with E-state index < -0.39 is 0 Å². The van der Waals surface area contributed by atoms with E-state index in [1.807, 2.05) is 24.3 Å². The Morgan fingerprint density at radius 3 is 2.76 bits per heavy atom. The maximum atomic E-state index is 12.6. The smallest absolute Gasteiger partial charge is 0.316 e. The van der Waals surface area contributed by atoms with Gasteiger partial charge in [0.2, 0.25) is 0 Å². The predicted molar refractivity (Wildman–Crippen MR) is 82.1 cm³/mol. The van der Waals surface area contributed by atoms with E-state index in [4.69, 9.17) is 0 Å². The number of amides is 2. The van der Waals surface area contributed by atoms with E-state index in [0.29, 0.717) is 6.54 Å². The third kappa shape index (κ3) is 2.55. The monoisotopic (exact) mass is 286 g/mol. The van der Waals surface area contributed by atoms with Crippen LogP contribution in [0, 0.1) is 0 Å². The molecule has 1 aromatic rings. The first kappa shape index (κ1) is 14.1. The van der Waals surface area contributed by atoms with Crippen LogP contribution >= 0.6 is 0 Å². The molecule has 2 aliphatic heterocycles. The highest BCUT2D eigenvalue weighted by atomic mass is 16.2. The lowest BCUT2D eigenvalue weighted by Gasteiger charge is -2.35. The van der Waals surface area contributed by atoms with Crippen molar-refractivity contribution >= 4 is 17.5 Å². The van der Waals surface area contributed by atoms with Gasteiger partial charge in [0.15, 0.2) is 0 Å². The van der Waals surface area contributed by atoms with Crippen LogP contribution in [0.2, 0.25) is 0 Å². The van der Waals surface area contributed by atoms with Crippen LogP contribution in [0.1, 0.15) is 38.2 Å². The molecule has 0 radical (unpaired) electrons. The Bertz CT molecular complexity index is 555. The molecule has 1 unspecified atom stereocenters. The number of likely N-dealkylation sites (tertiary alicyclic amines) is 1. The van der Waals surface area contributed by atoms with E-state index in [1.54, 1.807) is 9.80 Å². The normalized spacial score (nSPS) is 21.3. The first-order valence-corrected chi connectivity index (χ1v) is 7.92. The second kappa shape index (κ2) is 5.88. The minimum Gasteiger partial charge on any atom is -0.331 e. The van der Waals surface area contributed by atoms with Crippen molar-refractivity contribution in [1.29, 1.82) is 0 Å². The highest BCUT2D eigenvalue weighted by Gasteiger charge is 2.35. The van der Waals surface area contributed by atoms with Gasteiger partial charge in [-0.25, -0.2) is 0 Å².